The molecule has 1 aromatic rings. The molecule has 0 radical (unpaired) electrons. The molecule has 1 amide bonds. The number of amides is 1. The summed E-state index contributed by atoms with van der Waals surface area (Å²) in [5.74, 6) is 0.140. The molecule has 6 heteroatoms. The third-order valence-corrected chi connectivity index (χ3v) is 3.68. The Morgan fingerprint density at radius 3 is 2.88 bits per heavy atom. The van der Waals surface area contributed by atoms with Gasteiger partial charge in [0.2, 0.25) is 0 Å². The van der Waals surface area contributed by atoms with E-state index in [2.05, 4.69) is 17.2 Å². The van der Waals surface area contributed by atoms with E-state index in [1.165, 1.54) is 11.3 Å². The van der Waals surface area contributed by atoms with Crippen LogP contribution in [0.2, 0.25) is 0 Å². The molecule has 1 aromatic heterocycles. The Hall–Kier alpha value is -0.650. The first-order chi connectivity index (χ1) is 7.81. The van der Waals surface area contributed by atoms with Crippen LogP contribution in [-0.4, -0.2) is 42.0 Å². The van der Waals surface area contributed by atoms with E-state index in [1.54, 1.807) is 6.20 Å². The highest BCUT2D eigenvalue weighted by molar-refractivity contribution is 7.13. The fourth-order valence-electron chi connectivity index (χ4n) is 1.76. The number of carbonyl (C=O) groups excluding carboxylic acids is 1. The Morgan fingerprint density at radius 1 is 1.53 bits per heavy atom. The van der Waals surface area contributed by atoms with Crippen LogP contribution in [0.25, 0.3) is 0 Å². The highest BCUT2D eigenvalue weighted by Crippen LogP contribution is 2.16. The molecule has 0 aromatic carbocycles. The van der Waals surface area contributed by atoms with Crippen LogP contribution in [0.1, 0.15) is 28.0 Å². The van der Waals surface area contributed by atoms with Crippen molar-refractivity contribution in [2.45, 2.75) is 19.8 Å². The van der Waals surface area contributed by atoms with Crippen LogP contribution in [0.15, 0.2) is 6.20 Å². The van der Waals surface area contributed by atoms with Crippen molar-refractivity contribution >= 4 is 29.7 Å². The number of aryl methyl sites for hydroxylation is 1. The molecule has 1 saturated heterocycles. The van der Waals surface area contributed by atoms with E-state index in [9.17, 15) is 4.79 Å². The second-order valence-electron chi connectivity index (χ2n) is 3.91. The summed E-state index contributed by atoms with van der Waals surface area (Å²) in [7, 11) is 0. The topological polar surface area (TPSA) is 45.2 Å². The van der Waals surface area contributed by atoms with E-state index in [4.69, 9.17) is 0 Å². The fourth-order valence-corrected chi connectivity index (χ4v) is 2.75. The zero-order valence-corrected chi connectivity index (χ0v) is 11.6. The van der Waals surface area contributed by atoms with Gasteiger partial charge < -0.3 is 10.2 Å². The van der Waals surface area contributed by atoms with Crippen molar-refractivity contribution in [3.63, 3.8) is 0 Å². The third kappa shape index (κ3) is 3.66. The maximum Gasteiger partial charge on any atom is 0.265 e. The number of thiazole rings is 1. The maximum atomic E-state index is 12.1. The molecule has 0 aliphatic carbocycles. The van der Waals surface area contributed by atoms with Crippen LogP contribution < -0.4 is 5.32 Å². The van der Waals surface area contributed by atoms with Crippen molar-refractivity contribution in [1.82, 2.24) is 15.2 Å². The minimum atomic E-state index is 0. The van der Waals surface area contributed by atoms with Crippen LogP contribution in [0.4, 0.5) is 0 Å². The number of piperazine rings is 1. The largest absolute Gasteiger partial charge is 0.335 e. The summed E-state index contributed by atoms with van der Waals surface area (Å²) in [6.07, 6.45) is 3.77. The van der Waals surface area contributed by atoms with E-state index in [0.717, 1.165) is 48.9 Å². The van der Waals surface area contributed by atoms with E-state index in [-0.39, 0.29) is 18.3 Å². The van der Waals surface area contributed by atoms with E-state index >= 15 is 0 Å². The molecule has 0 atom stereocenters. The minimum Gasteiger partial charge on any atom is -0.335 e. The van der Waals surface area contributed by atoms with E-state index in [1.807, 2.05) is 4.90 Å². The van der Waals surface area contributed by atoms with Crippen LogP contribution in [-0.2, 0) is 6.42 Å². The van der Waals surface area contributed by atoms with Gasteiger partial charge in [0.15, 0.2) is 0 Å². The van der Waals surface area contributed by atoms with Crippen molar-refractivity contribution in [2.24, 2.45) is 0 Å². The molecule has 0 unspecified atom stereocenters. The van der Waals surface area contributed by atoms with Gasteiger partial charge in [0.25, 0.3) is 5.91 Å². The fraction of sp³-hybridized carbons (Fsp3) is 0.636. The number of aromatic nitrogens is 1. The minimum absolute atomic E-state index is 0. The quantitative estimate of drug-likeness (QED) is 0.911. The lowest BCUT2D eigenvalue weighted by Crippen LogP contribution is -2.46. The molecule has 2 heterocycles. The van der Waals surface area contributed by atoms with Crippen molar-refractivity contribution in [1.29, 1.82) is 0 Å². The summed E-state index contributed by atoms with van der Waals surface area (Å²) in [5, 5.41) is 4.31. The smallest absolute Gasteiger partial charge is 0.265 e. The molecule has 1 aliphatic rings. The highest BCUT2D eigenvalue weighted by Gasteiger charge is 2.19. The van der Waals surface area contributed by atoms with Crippen molar-refractivity contribution in [3.05, 3.63) is 16.1 Å². The zero-order chi connectivity index (χ0) is 11.4. The normalized spacial score (nSPS) is 15.5. The number of carbonyl (C=O) groups is 1. The van der Waals surface area contributed by atoms with Gasteiger partial charge in [0.05, 0.1) is 11.2 Å². The molecule has 17 heavy (non-hydrogen) atoms. The van der Waals surface area contributed by atoms with E-state index in [0.29, 0.717) is 0 Å². The van der Waals surface area contributed by atoms with E-state index < -0.39 is 0 Å². The van der Waals surface area contributed by atoms with Crippen LogP contribution >= 0.6 is 23.7 Å². The number of halogens is 1. The van der Waals surface area contributed by atoms with Gasteiger partial charge in [-0.2, -0.15) is 0 Å². The first-order valence-corrected chi connectivity index (χ1v) is 6.57. The third-order valence-electron chi connectivity index (χ3n) is 2.63. The van der Waals surface area contributed by atoms with Gasteiger partial charge in [-0.1, -0.05) is 6.92 Å². The van der Waals surface area contributed by atoms with Gasteiger partial charge >= 0.3 is 0 Å². The summed E-state index contributed by atoms with van der Waals surface area (Å²) in [5.41, 5.74) is 0. The molecule has 2 rings (SSSR count). The van der Waals surface area contributed by atoms with Crippen LogP contribution in [0.3, 0.4) is 0 Å². The number of nitrogens with one attached hydrogen (secondary N) is 1. The molecule has 1 N–H and O–H groups in total. The van der Waals surface area contributed by atoms with Gasteiger partial charge in [0, 0.05) is 26.2 Å². The molecule has 0 bridgehead atoms. The lowest BCUT2D eigenvalue weighted by atomic mass is 10.3. The lowest BCUT2D eigenvalue weighted by Gasteiger charge is -2.26. The Balaban J connectivity index is 0.00000144. The monoisotopic (exact) mass is 275 g/mol. The molecule has 0 spiro atoms. The summed E-state index contributed by atoms with van der Waals surface area (Å²) in [6.45, 7) is 5.53. The Bertz CT molecular complexity index is 363. The van der Waals surface area contributed by atoms with Gasteiger partial charge in [-0.25, -0.2) is 4.98 Å². The molecule has 96 valence electrons. The Labute approximate surface area is 112 Å². The Kier molecular flexibility index (Phi) is 5.88. The average molecular weight is 276 g/mol. The predicted molar refractivity (Wildman–Crippen MR) is 72.1 cm³/mol. The molecule has 4 nitrogen and oxygen atoms in total. The second-order valence-corrected chi connectivity index (χ2v) is 5.03. The summed E-state index contributed by atoms with van der Waals surface area (Å²) in [4.78, 5) is 19.0. The second kappa shape index (κ2) is 6.93. The molecule has 1 aliphatic heterocycles. The van der Waals surface area contributed by atoms with Crippen molar-refractivity contribution < 1.29 is 4.79 Å². The summed E-state index contributed by atoms with van der Waals surface area (Å²) in [6, 6.07) is 0. The number of hydrogen-bond donors (Lipinski definition) is 1. The molecule has 0 saturated carbocycles. The SMILES string of the molecule is CCCc1ncc(C(=O)N2CCNCC2)s1.Cl. The molecular formula is C11H18ClN3OS. The lowest BCUT2D eigenvalue weighted by molar-refractivity contribution is 0.0740. The standard InChI is InChI=1S/C11H17N3OS.ClH/c1-2-3-10-13-8-9(16-10)11(15)14-6-4-12-5-7-14;/h8,12H,2-7H2,1H3;1H. The van der Waals surface area contributed by atoms with Crippen molar-refractivity contribution in [3.8, 4) is 0 Å². The first-order valence-electron chi connectivity index (χ1n) is 5.76. The van der Waals surface area contributed by atoms with Crippen LogP contribution in [0.5, 0.6) is 0 Å². The number of rotatable bonds is 3. The number of nitrogens with zero attached hydrogens (tertiary/aromatic N) is 2. The van der Waals surface area contributed by atoms with Gasteiger partial charge in [0.1, 0.15) is 4.88 Å². The predicted octanol–water partition coefficient (Wildman–Crippen LogP) is 1.56. The average Bonchev–Trinajstić information content (AvgIpc) is 2.78. The number of hydrogen-bond acceptors (Lipinski definition) is 4. The summed E-state index contributed by atoms with van der Waals surface area (Å²) < 4.78 is 0. The van der Waals surface area contributed by atoms with Gasteiger partial charge in [-0.3, -0.25) is 4.79 Å². The molecule has 1 fully saturated rings. The maximum absolute atomic E-state index is 12.1. The molecular weight excluding hydrogens is 258 g/mol. The highest BCUT2D eigenvalue weighted by atomic mass is 35.5. The van der Waals surface area contributed by atoms with Crippen LogP contribution in [0, 0.1) is 0 Å². The van der Waals surface area contributed by atoms with Crippen molar-refractivity contribution in [2.75, 3.05) is 26.2 Å². The Morgan fingerprint density at radius 2 is 2.24 bits per heavy atom. The first kappa shape index (κ1) is 14.4. The van der Waals surface area contributed by atoms with Gasteiger partial charge in [-0.15, -0.1) is 23.7 Å². The van der Waals surface area contributed by atoms with Gasteiger partial charge in [-0.05, 0) is 12.8 Å². The zero-order valence-electron chi connectivity index (χ0n) is 9.94. The summed E-state index contributed by atoms with van der Waals surface area (Å²) >= 11 is 1.54.